The van der Waals surface area contributed by atoms with Crippen LogP contribution in [0, 0.1) is 50.7 Å². The van der Waals surface area contributed by atoms with Gasteiger partial charge < -0.3 is 5.73 Å². The highest BCUT2D eigenvalue weighted by Gasteiger charge is 2.82. The minimum absolute atomic E-state index is 0.262. The van der Waals surface area contributed by atoms with Crippen molar-refractivity contribution in [3.8, 4) is 0 Å². The van der Waals surface area contributed by atoms with Crippen molar-refractivity contribution in [3.05, 3.63) is 0 Å². The van der Waals surface area contributed by atoms with E-state index in [1.54, 1.807) is 32.1 Å². The molecular weight excluding hydrogens is 338 g/mol. The number of rotatable bonds is 5. The SMILES string of the molecule is CC1CC2CC(C)(CCC2CC(C)C23CC(C(C)(C)C45CC(N)(C4)C5)(C2)C3)C1. The lowest BCUT2D eigenvalue weighted by Gasteiger charge is -2.86. The minimum atomic E-state index is 0.262. The maximum atomic E-state index is 6.42. The minimum Gasteiger partial charge on any atom is -0.325 e. The highest BCUT2D eigenvalue weighted by Crippen LogP contribution is 2.88. The van der Waals surface area contributed by atoms with Crippen LogP contribution in [-0.4, -0.2) is 5.54 Å². The van der Waals surface area contributed by atoms with Crippen LogP contribution in [-0.2, 0) is 0 Å². The maximum Gasteiger partial charge on any atom is 0.0170 e. The third-order valence-corrected chi connectivity index (χ3v) is 12.6. The van der Waals surface area contributed by atoms with Crippen molar-refractivity contribution in [1.29, 1.82) is 0 Å². The van der Waals surface area contributed by atoms with Crippen LogP contribution < -0.4 is 5.73 Å². The van der Waals surface area contributed by atoms with Crippen LogP contribution in [0.4, 0.5) is 0 Å². The van der Waals surface area contributed by atoms with Gasteiger partial charge in [0.2, 0.25) is 0 Å². The quantitative estimate of drug-likeness (QED) is 0.546. The van der Waals surface area contributed by atoms with Gasteiger partial charge in [-0.3, -0.25) is 0 Å². The lowest BCUT2D eigenvalue weighted by atomic mass is 9.19. The van der Waals surface area contributed by atoms with Crippen molar-refractivity contribution in [1.82, 2.24) is 0 Å². The molecule has 0 aromatic rings. The first-order chi connectivity index (χ1) is 12.9. The van der Waals surface area contributed by atoms with Crippen LogP contribution >= 0.6 is 0 Å². The Bertz CT molecular complexity index is 664. The molecule has 8 aliphatic carbocycles. The van der Waals surface area contributed by atoms with Gasteiger partial charge in [0.05, 0.1) is 0 Å². The Balaban J connectivity index is 1.09. The molecule has 2 N–H and O–H groups in total. The molecular formula is C27H45N. The molecule has 0 amide bonds. The van der Waals surface area contributed by atoms with E-state index in [2.05, 4.69) is 34.6 Å². The fraction of sp³-hybridized carbons (Fsp3) is 1.00. The molecule has 8 rings (SSSR count). The summed E-state index contributed by atoms with van der Waals surface area (Å²) >= 11 is 0. The van der Waals surface area contributed by atoms with Gasteiger partial charge in [0.1, 0.15) is 0 Å². The largest absolute Gasteiger partial charge is 0.325 e. The summed E-state index contributed by atoms with van der Waals surface area (Å²) in [4.78, 5) is 0. The van der Waals surface area contributed by atoms with Gasteiger partial charge in [0.15, 0.2) is 0 Å². The van der Waals surface area contributed by atoms with Crippen molar-refractivity contribution >= 4 is 0 Å². The normalized spacial score (nSPS) is 60.0. The van der Waals surface area contributed by atoms with Gasteiger partial charge in [-0.1, -0.05) is 34.6 Å². The predicted octanol–water partition coefficient (Wildman–Crippen LogP) is 6.94. The molecule has 0 spiro atoms. The molecule has 8 saturated carbocycles. The summed E-state index contributed by atoms with van der Waals surface area (Å²) in [5, 5.41) is 0. The van der Waals surface area contributed by atoms with E-state index in [1.807, 2.05) is 0 Å². The topological polar surface area (TPSA) is 26.0 Å². The first-order valence-electron chi connectivity index (χ1n) is 12.7. The fourth-order valence-corrected chi connectivity index (χ4v) is 10.7. The molecule has 0 aromatic carbocycles. The van der Waals surface area contributed by atoms with Crippen LogP contribution in [0.3, 0.4) is 0 Å². The van der Waals surface area contributed by atoms with E-state index in [4.69, 9.17) is 5.73 Å². The fourth-order valence-electron chi connectivity index (χ4n) is 10.7. The molecule has 0 radical (unpaired) electrons. The Morgan fingerprint density at radius 2 is 1.61 bits per heavy atom. The summed E-state index contributed by atoms with van der Waals surface area (Å²) < 4.78 is 0. The highest BCUT2D eigenvalue weighted by atomic mass is 15.0. The molecule has 0 saturated heterocycles. The van der Waals surface area contributed by atoms with Crippen LogP contribution in [0.2, 0.25) is 0 Å². The third-order valence-electron chi connectivity index (χ3n) is 12.6. The molecule has 1 heteroatoms. The van der Waals surface area contributed by atoms with Crippen molar-refractivity contribution in [2.24, 2.45) is 56.5 Å². The van der Waals surface area contributed by atoms with Gasteiger partial charge in [0.25, 0.3) is 0 Å². The molecule has 6 bridgehead atoms. The molecule has 158 valence electrons. The van der Waals surface area contributed by atoms with Crippen LogP contribution in [0.1, 0.15) is 112 Å². The molecule has 0 heterocycles. The Labute approximate surface area is 174 Å². The standard InChI is InChI=1S/C27H45N/c1-18-8-21-11-23(5,10-18)7-6-20(21)9-19(2)24-12-25(13-24,14-24)22(3,4)26-15-27(28,16-26)17-26/h18-21H,6-17,28H2,1-5H3. The Hall–Kier alpha value is -0.0400. The maximum absolute atomic E-state index is 6.42. The van der Waals surface area contributed by atoms with E-state index in [1.165, 1.54) is 44.9 Å². The molecule has 28 heavy (non-hydrogen) atoms. The summed E-state index contributed by atoms with van der Waals surface area (Å²) in [7, 11) is 0. The third kappa shape index (κ3) is 2.09. The average Bonchev–Trinajstić information content (AvgIpc) is 2.42. The van der Waals surface area contributed by atoms with E-state index in [0.717, 1.165) is 29.1 Å². The first kappa shape index (κ1) is 18.7. The van der Waals surface area contributed by atoms with Crippen LogP contribution in [0.15, 0.2) is 0 Å². The Morgan fingerprint density at radius 3 is 2.21 bits per heavy atom. The summed E-state index contributed by atoms with van der Waals surface area (Å²) in [5.74, 6) is 4.02. The van der Waals surface area contributed by atoms with Crippen LogP contribution in [0.5, 0.6) is 0 Å². The number of hydrogen-bond donors (Lipinski definition) is 1. The zero-order valence-electron chi connectivity index (χ0n) is 19.4. The Morgan fingerprint density at radius 1 is 1.00 bits per heavy atom. The van der Waals surface area contributed by atoms with Crippen molar-refractivity contribution in [3.63, 3.8) is 0 Å². The second-order valence-electron chi connectivity index (χ2n) is 14.7. The van der Waals surface area contributed by atoms with E-state index >= 15 is 0 Å². The molecule has 0 aliphatic heterocycles. The second kappa shape index (κ2) is 5.05. The van der Waals surface area contributed by atoms with Gasteiger partial charge in [-0.2, -0.15) is 0 Å². The molecule has 5 unspecified atom stereocenters. The zero-order valence-corrected chi connectivity index (χ0v) is 19.4. The van der Waals surface area contributed by atoms with Crippen molar-refractivity contribution < 1.29 is 0 Å². The van der Waals surface area contributed by atoms with Gasteiger partial charge in [-0.15, -0.1) is 0 Å². The van der Waals surface area contributed by atoms with Crippen LogP contribution in [0.25, 0.3) is 0 Å². The number of nitrogens with two attached hydrogens (primary N) is 1. The summed E-state index contributed by atoms with van der Waals surface area (Å²) in [6.07, 6.45) is 17.8. The molecule has 1 nitrogen and oxygen atoms in total. The predicted molar refractivity (Wildman–Crippen MR) is 117 cm³/mol. The first-order valence-corrected chi connectivity index (χ1v) is 12.7. The van der Waals surface area contributed by atoms with Crippen molar-refractivity contribution in [2.45, 2.75) is 117 Å². The van der Waals surface area contributed by atoms with Gasteiger partial charge in [0, 0.05) is 5.54 Å². The van der Waals surface area contributed by atoms with Gasteiger partial charge in [-0.25, -0.2) is 0 Å². The summed E-state index contributed by atoms with van der Waals surface area (Å²) in [5.41, 5.74) is 9.97. The lowest BCUT2D eigenvalue weighted by Crippen LogP contribution is -2.82. The van der Waals surface area contributed by atoms with E-state index in [-0.39, 0.29) is 5.54 Å². The molecule has 5 atom stereocenters. The van der Waals surface area contributed by atoms with Crippen molar-refractivity contribution in [2.75, 3.05) is 0 Å². The number of hydrogen-bond acceptors (Lipinski definition) is 1. The smallest absolute Gasteiger partial charge is 0.0170 e. The van der Waals surface area contributed by atoms with Gasteiger partial charge in [-0.05, 0) is 128 Å². The number of fused-ring (bicyclic) bond motifs is 2. The van der Waals surface area contributed by atoms with Gasteiger partial charge >= 0.3 is 0 Å². The molecule has 0 aromatic heterocycles. The molecule has 8 fully saturated rings. The lowest BCUT2D eigenvalue weighted by molar-refractivity contribution is -0.356. The second-order valence-corrected chi connectivity index (χ2v) is 14.7. The Kier molecular flexibility index (Phi) is 3.38. The zero-order chi connectivity index (χ0) is 19.8. The molecule has 8 aliphatic rings. The summed E-state index contributed by atoms with van der Waals surface area (Å²) in [6.45, 7) is 13.0. The van der Waals surface area contributed by atoms with E-state index < -0.39 is 0 Å². The monoisotopic (exact) mass is 383 g/mol. The summed E-state index contributed by atoms with van der Waals surface area (Å²) in [6, 6.07) is 0. The van der Waals surface area contributed by atoms with E-state index in [9.17, 15) is 0 Å². The highest BCUT2D eigenvalue weighted by molar-refractivity contribution is 5.33. The average molecular weight is 384 g/mol. The van der Waals surface area contributed by atoms with E-state index in [0.29, 0.717) is 21.7 Å².